The minimum atomic E-state index is -0.486. The Hall–Kier alpha value is -3.22. The number of amides is 1. The molecule has 7 nitrogen and oxygen atoms in total. The van der Waals surface area contributed by atoms with E-state index in [0.29, 0.717) is 35.1 Å². The molecule has 0 radical (unpaired) electrons. The Labute approximate surface area is 151 Å². The van der Waals surface area contributed by atoms with Gasteiger partial charge >= 0.3 is 5.97 Å². The predicted octanol–water partition coefficient (Wildman–Crippen LogP) is 2.90. The SMILES string of the molecule is CCOc1ccccc1NC(=O)COc1ccc(C(=O)OC)cc1OC. The molecule has 0 saturated carbocycles. The van der Waals surface area contributed by atoms with E-state index in [1.807, 2.05) is 13.0 Å². The number of methoxy groups -OCH3 is 2. The van der Waals surface area contributed by atoms with Crippen LogP contribution >= 0.6 is 0 Å². The summed E-state index contributed by atoms with van der Waals surface area (Å²) in [6.45, 7) is 2.13. The molecule has 0 spiro atoms. The number of rotatable bonds is 8. The van der Waals surface area contributed by atoms with E-state index in [9.17, 15) is 9.59 Å². The summed E-state index contributed by atoms with van der Waals surface area (Å²) >= 11 is 0. The monoisotopic (exact) mass is 359 g/mol. The minimum absolute atomic E-state index is 0.228. The quantitative estimate of drug-likeness (QED) is 0.730. The fourth-order valence-corrected chi connectivity index (χ4v) is 2.21. The Morgan fingerprint density at radius 3 is 2.42 bits per heavy atom. The average Bonchev–Trinajstić information content (AvgIpc) is 2.67. The Morgan fingerprint density at radius 2 is 1.73 bits per heavy atom. The van der Waals surface area contributed by atoms with Gasteiger partial charge in [0.25, 0.3) is 5.91 Å². The summed E-state index contributed by atoms with van der Waals surface area (Å²) in [5.41, 5.74) is 0.891. The van der Waals surface area contributed by atoms with Crippen molar-refractivity contribution >= 4 is 17.6 Å². The topological polar surface area (TPSA) is 83.1 Å². The molecule has 2 aromatic carbocycles. The lowest BCUT2D eigenvalue weighted by Crippen LogP contribution is -2.20. The number of esters is 1. The fraction of sp³-hybridized carbons (Fsp3) is 0.263. The van der Waals surface area contributed by atoms with Gasteiger partial charge in [0.05, 0.1) is 32.1 Å². The maximum Gasteiger partial charge on any atom is 0.337 e. The van der Waals surface area contributed by atoms with Gasteiger partial charge in [-0.2, -0.15) is 0 Å². The molecule has 0 aliphatic rings. The largest absolute Gasteiger partial charge is 0.493 e. The molecule has 0 fully saturated rings. The fourth-order valence-electron chi connectivity index (χ4n) is 2.21. The van der Waals surface area contributed by atoms with Crippen LogP contribution < -0.4 is 19.5 Å². The smallest absolute Gasteiger partial charge is 0.337 e. The molecule has 0 unspecified atom stereocenters. The number of ether oxygens (including phenoxy) is 4. The molecule has 0 bridgehead atoms. The third-order valence-corrected chi connectivity index (χ3v) is 3.40. The first-order chi connectivity index (χ1) is 12.6. The second kappa shape index (κ2) is 9.31. The standard InChI is InChI=1S/C19H21NO6/c1-4-25-15-8-6-5-7-14(15)20-18(21)12-26-16-10-9-13(19(22)24-3)11-17(16)23-2/h5-11H,4,12H2,1-3H3,(H,20,21). The van der Waals surface area contributed by atoms with E-state index in [1.165, 1.54) is 26.4 Å². The van der Waals surface area contributed by atoms with E-state index in [4.69, 9.17) is 14.2 Å². The average molecular weight is 359 g/mol. The molecule has 138 valence electrons. The number of nitrogens with one attached hydrogen (secondary N) is 1. The van der Waals surface area contributed by atoms with Crippen LogP contribution in [0, 0.1) is 0 Å². The second-order valence-corrected chi connectivity index (χ2v) is 5.12. The zero-order valence-electron chi connectivity index (χ0n) is 14.9. The van der Waals surface area contributed by atoms with Crippen molar-refractivity contribution in [1.29, 1.82) is 0 Å². The van der Waals surface area contributed by atoms with Crippen molar-refractivity contribution < 1.29 is 28.5 Å². The molecular weight excluding hydrogens is 338 g/mol. The molecule has 0 aliphatic carbocycles. The van der Waals surface area contributed by atoms with Crippen LogP contribution in [0.3, 0.4) is 0 Å². The van der Waals surface area contributed by atoms with Crippen LogP contribution in [0.15, 0.2) is 42.5 Å². The van der Waals surface area contributed by atoms with Crippen molar-refractivity contribution in [3.63, 3.8) is 0 Å². The summed E-state index contributed by atoms with van der Waals surface area (Å²) in [6, 6.07) is 11.7. The summed E-state index contributed by atoms with van der Waals surface area (Å²) < 4.78 is 20.8. The van der Waals surface area contributed by atoms with Gasteiger partial charge in [-0.05, 0) is 37.3 Å². The van der Waals surface area contributed by atoms with Gasteiger partial charge in [0.2, 0.25) is 0 Å². The van der Waals surface area contributed by atoms with E-state index < -0.39 is 5.97 Å². The van der Waals surface area contributed by atoms with Crippen LogP contribution in [0.5, 0.6) is 17.2 Å². The summed E-state index contributed by atoms with van der Waals surface area (Å²) in [5.74, 6) is 0.420. The molecule has 2 rings (SSSR count). The molecule has 26 heavy (non-hydrogen) atoms. The van der Waals surface area contributed by atoms with Gasteiger partial charge in [0.15, 0.2) is 18.1 Å². The maximum absolute atomic E-state index is 12.2. The number of hydrogen-bond acceptors (Lipinski definition) is 6. The summed E-state index contributed by atoms with van der Waals surface area (Å²) in [4.78, 5) is 23.7. The second-order valence-electron chi connectivity index (χ2n) is 5.12. The number of hydrogen-bond donors (Lipinski definition) is 1. The Morgan fingerprint density at radius 1 is 0.962 bits per heavy atom. The van der Waals surface area contributed by atoms with Crippen LogP contribution in [0.2, 0.25) is 0 Å². The molecule has 0 aromatic heterocycles. The maximum atomic E-state index is 12.2. The van der Waals surface area contributed by atoms with Gasteiger partial charge in [0, 0.05) is 0 Å². The van der Waals surface area contributed by atoms with E-state index in [0.717, 1.165) is 0 Å². The molecule has 1 N–H and O–H groups in total. The van der Waals surface area contributed by atoms with E-state index in [-0.39, 0.29) is 12.5 Å². The third-order valence-electron chi connectivity index (χ3n) is 3.40. The normalized spacial score (nSPS) is 9.96. The van der Waals surface area contributed by atoms with E-state index in [2.05, 4.69) is 10.1 Å². The van der Waals surface area contributed by atoms with E-state index >= 15 is 0 Å². The van der Waals surface area contributed by atoms with Gasteiger partial charge in [-0.3, -0.25) is 4.79 Å². The molecule has 0 heterocycles. The first kappa shape index (κ1) is 19.1. The van der Waals surface area contributed by atoms with Crippen molar-refractivity contribution in [2.45, 2.75) is 6.92 Å². The van der Waals surface area contributed by atoms with Crippen LogP contribution in [-0.4, -0.2) is 39.3 Å². The summed E-state index contributed by atoms with van der Waals surface area (Å²) in [7, 11) is 2.74. The van der Waals surface area contributed by atoms with Crippen LogP contribution in [-0.2, 0) is 9.53 Å². The van der Waals surface area contributed by atoms with Gasteiger partial charge in [0.1, 0.15) is 5.75 Å². The van der Waals surface area contributed by atoms with Crippen LogP contribution in [0.25, 0.3) is 0 Å². The molecule has 0 saturated heterocycles. The highest BCUT2D eigenvalue weighted by Gasteiger charge is 2.13. The highest BCUT2D eigenvalue weighted by atomic mass is 16.5. The molecule has 7 heteroatoms. The molecule has 2 aromatic rings. The number of carbonyl (C=O) groups is 2. The summed E-state index contributed by atoms with van der Waals surface area (Å²) in [6.07, 6.45) is 0. The highest BCUT2D eigenvalue weighted by molar-refractivity contribution is 5.93. The number of para-hydroxylation sites is 2. The van der Waals surface area contributed by atoms with Crippen molar-refractivity contribution in [3.8, 4) is 17.2 Å². The molecule has 1 amide bonds. The van der Waals surface area contributed by atoms with Gasteiger partial charge in [-0.25, -0.2) is 4.79 Å². The van der Waals surface area contributed by atoms with E-state index in [1.54, 1.807) is 24.3 Å². The van der Waals surface area contributed by atoms with Crippen molar-refractivity contribution in [2.75, 3.05) is 32.8 Å². The van der Waals surface area contributed by atoms with Crippen LogP contribution in [0.4, 0.5) is 5.69 Å². The Balaban J connectivity index is 2.02. The number of anilines is 1. The van der Waals surface area contributed by atoms with Gasteiger partial charge in [-0.1, -0.05) is 12.1 Å². The third kappa shape index (κ3) is 4.89. The van der Waals surface area contributed by atoms with Gasteiger partial charge in [-0.15, -0.1) is 0 Å². The number of carbonyl (C=O) groups excluding carboxylic acids is 2. The van der Waals surface area contributed by atoms with Gasteiger partial charge < -0.3 is 24.3 Å². The van der Waals surface area contributed by atoms with Crippen molar-refractivity contribution in [2.24, 2.45) is 0 Å². The Kier molecular flexibility index (Phi) is 6.84. The van der Waals surface area contributed by atoms with Crippen molar-refractivity contribution in [3.05, 3.63) is 48.0 Å². The molecule has 0 atom stereocenters. The molecular formula is C19H21NO6. The first-order valence-corrected chi connectivity index (χ1v) is 7.99. The lowest BCUT2D eigenvalue weighted by Gasteiger charge is -2.13. The van der Waals surface area contributed by atoms with Crippen LogP contribution in [0.1, 0.15) is 17.3 Å². The van der Waals surface area contributed by atoms with Crippen molar-refractivity contribution in [1.82, 2.24) is 0 Å². The lowest BCUT2D eigenvalue weighted by atomic mass is 10.2. The zero-order valence-corrected chi connectivity index (χ0v) is 14.9. The summed E-state index contributed by atoms with van der Waals surface area (Å²) in [5, 5.41) is 2.74. The molecule has 0 aliphatic heterocycles. The number of benzene rings is 2. The Bertz CT molecular complexity index is 774. The minimum Gasteiger partial charge on any atom is -0.493 e. The predicted molar refractivity (Wildman–Crippen MR) is 96.1 cm³/mol. The first-order valence-electron chi connectivity index (χ1n) is 7.99. The lowest BCUT2D eigenvalue weighted by molar-refractivity contribution is -0.118. The zero-order chi connectivity index (χ0) is 18.9. The highest BCUT2D eigenvalue weighted by Crippen LogP contribution is 2.28.